The van der Waals surface area contributed by atoms with Gasteiger partial charge < -0.3 is 4.52 Å². The monoisotopic (exact) mass is 380 g/mol. The van der Waals surface area contributed by atoms with Crippen LogP contribution in [0.4, 0.5) is 0 Å². The molecule has 4 heterocycles. The van der Waals surface area contributed by atoms with E-state index >= 15 is 0 Å². The zero-order valence-corrected chi connectivity index (χ0v) is 15.2. The van der Waals surface area contributed by atoms with Crippen LogP contribution in [0.2, 0.25) is 0 Å². The molecule has 26 heavy (non-hydrogen) atoms. The predicted octanol–water partition coefficient (Wildman–Crippen LogP) is 4.24. The third kappa shape index (κ3) is 2.56. The Hall–Kier alpha value is -2.78. The summed E-state index contributed by atoms with van der Waals surface area (Å²) >= 11 is 3.17. The molecule has 4 aromatic heterocycles. The van der Waals surface area contributed by atoms with Gasteiger partial charge in [-0.05, 0) is 31.2 Å². The lowest BCUT2D eigenvalue weighted by Gasteiger charge is -2.04. The molecule has 0 bridgehead atoms. The second-order valence-corrected chi connectivity index (χ2v) is 7.95. The van der Waals surface area contributed by atoms with E-state index in [-0.39, 0.29) is 5.25 Å². The van der Waals surface area contributed by atoms with Gasteiger partial charge in [0.25, 0.3) is 0 Å². The number of hydrogen-bond donors (Lipinski definition) is 0. The number of para-hydroxylation sites is 1. The van der Waals surface area contributed by atoms with Crippen LogP contribution in [0.25, 0.3) is 26.6 Å². The van der Waals surface area contributed by atoms with Gasteiger partial charge in [0.1, 0.15) is 0 Å². The van der Waals surface area contributed by atoms with Gasteiger partial charge in [0, 0.05) is 18.0 Å². The predicted molar refractivity (Wildman–Crippen MR) is 100 cm³/mol. The van der Waals surface area contributed by atoms with Gasteiger partial charge in [-0.25, -0.2) is 0 Å². The molecule has 0 saturated heterocycles. The molecule has 0 unspecified atom stereocenters. The van der Waals surface area contributed by atoms with Crippen LogP contribution >= 0.6 is 23.1 Å². The molecule has 128 valence electrons. The largest absolute Gasteiger partial charge is 0.338 e. The molecule has 5 aromatic rings. The number of pyridine rings is 1. The number of hydrogen-bond acceptors (Lipinski definition) is 8. The van der Waals surface area contributed by atoms with E-state index in [0.717, 1.165) is 21.2 Å². The summed E-state index contributed by atoms with van der Waals surface area (Å²) in [5.41, 5.74) is 1.93. The van der Waals surface area contributed by atoms with E-state index in [2.05, 4.69) is 41.9 Å². The molecule has 1 aromatic carbocycles. The lowest BCUT2D eigenvalue weighted by atomic mass is 10.3. The number of aromatic nitrogens is 6. The molecule has 0 fully saturated rings. The molecule has 9 heteroatoms. The molecular weight excluding hydrogens is 368 g/mol. The number of benzene rings is 1. The van der Waals surface area contributed by atoms with Crippen molar-refractivity contribution >= 4 is 38.3 Å². The Morgan fingerprint density at radius 1 is 1.15 bits per heavy atom. The number of thiazole rings is 1. The molecule has 5 rings (SSSR count). The van der Waals surface area contributed by atoms with Crippen LogP contribution in [0.1, 0.15) is 18.1 Å². The minimum atomic E-state index is -0.0565. The molecule has 0 N–H and O–H groups in total. The molecular formula is C17H12N6OS2. The highest BCUT2D eigenvalue weighted by Gasteiger charge is 2.21. The van der Waals surface area contributed by atoms with E-state index < -0.39 is 0 Å². The Morgan fingerprint density at radius 3 is 2.96 bits per heavy atom. The van der Waals surface area contributed by atoms with Crippen molar-refractivity contribution in [3.05, 3.63) is 54.7 Å². The molecule has 0 spiro atoms. The Bertz CT molecular complexity index is 1200. The van der Waals surface area contributed by atoms with Crippen molar-refractivity contribution in [3.63, 3.8) is 0 Å². The lowest BCUT2D eigenvalue weighted by molar-refractivity contribution is 0.380. The minimum Gasteiger partial charge on any atom is -0.338 e. The highest BCUT2D eigenvalue weighted by atomic mass is 32.2. The first kappa shape index (κ1) is 15.5. The van der Waals surface area contributed by atoms with E-state index in [1.165, 1.54) is 4.70 Å². The fraction of sp³-hybridized carbons (Fsp3) is 0.118. The average molecular weight is 380 g/mol. The average Bonchev–Trinajstić information content (AvgIpc) is 3.38. The molecule has 7 nitrogen and oxygen atoms in total. The molecule has 0 radical (unpaired) electrons. The SMILES string of the molecule is C[C@@H](Sc1nnc2sc3ccccc3n12)c1nc(-c2cccnc2)no1. The van der Waals surface area contributed by atoms with E-state index in [1.807, 2.05) is 31.2 Å². The van der Waals surface area contributed by atoms with Crippen molar-refractivity contribution in [3.8, 4) is 11.4 Å². The Balaban J connectivity index is 1.46. The van der Waals surface area contributed by atoms with E-state index in [4.69, 9.17) is 4.52 Å². The maximum absolute atomic E-state index is 5.45. The highest BCUT2D eigenvalue weighted by molar-refractivity contribution is 7.99. The second-order valence-electron chi connectivity index (χ2n) is 5.63. The first-order valence-corrected chi connectivity index (χ1v) is 9.62. The fourth-order valence-corrected chi connectivity index (χ4v) is 4.57. The Kier molecular flexibility index (Phi) is 3.68. The van der Waals surface area contributed by atoms with Crippen LogP contribution in [-0.4, -0.2) is 29.7 Å². The maximum atomic E-state index is 5.45. The molecule has 0 amide bonds. The zero-order chi connectivity index (χ0) is 17.5. The molecule has 0 aliphatic carbocycles. The summed E-state index contributed by atoms with van der Waals surface area (Å²) in [6, 6.07) is 12.0. The van der Waals surface area contributed by atoms with Crippen LogP contribution in [0.15, 0.2) is 58.5 Å². The van der Waals surface area contributed by atoms with E-state index in [9.17, 15) is 0 Å². The first-order valence-electron chi connectivity index (χ1n) is 7.93. The number of fused-ring (bicyclic) bond motifs is 3. The van der Waals surface area contributed by atoms with Crippen molar-refractivity contribution in [2.45, 2.75) is 17.3 Å². The topological polar surface area (TPSA) is 82.0 Å². The van der Waals surface area contributed by atoms with E-state index in [0.29, 0.717) is 11.7 Å². The maximum Gasteiger partial charge on any atom is 0.240 e. The summed E-state index contributed by atoms with van der Waals surface area (Å²) in [4.78, 5) is 9.46. The van der Waals surface area contributed by atoms with Gasteiger partial charge >= 0.3 is 0 Å². The van der Waals surface area contributed by atoms with Crippen molar-refractivity contribution < 1.29 is 4.52 Å². The second kappa shape index (κ2) is 6.19. The summed E-state index contributed by atoms with van der Waals surface area (Å²) in [6.45, 7) is 2.01. The summed E-state index contributed by atoms with van der Waals surface area (Å²) in [6.07, 6.45) is 3.43. The lowest BCUT2D eigenvalue weighted by Crippen LogP contribution is -1.92. The molecule has 0 saturated carbocycles. The normalized spacial score (nSPS) is 12.8. The van der Waals surface area contributed by atoms with Crippen LogP contribution in [-0.2, 0) is 0 Å². The van der Waals surface area contributed by atoms with Gasteiger partial charge in [0.05, 0.1) is 15.5 Å². The smallest absolute Gasteiger partial charge is 0.240 e. The third-order valence-corrected chi connectivity index (χ3v) is 5.94. The van der Waals surface area contributed by atoms with Gasteiger partial charge in [0.15, 0.2) is 5.16 Å². The van der Waals surface area contributed by atoms with Gasteiger partial charge in [-0.3, -0.25) is 9.38 Å². The summed E-state index contributed by atoms with van der Waals surface area (Å²) in [7, 11) is 0. The van der Waals surface area contributed by atoms with Crippen molar-refractivity contribution in [2.24, 2.45) is 0 Å². The summed E-state index contributed by atoms with van der Waals surface area (Å²) in [5, 5.41) is 13.4. The Labute approximate surface area is 156 Å². The Morgan fingerprint density at radius 2 is 2.08 bits per heavy atom. The minimum absolute atomic E-state index is 0.0565. The summed E-state index contributed by atoms with van der Waals surface area (Å²) in [5.74, 6) is 1.08. The van der Waals surface area contributed by atoms with E-state index in [1.54, 1.807) is 35.5 Å². The van der Waals surface area contributed by atoms with Crippen LogP contribution in [0.5, 0.6) is 0 Å². The van der Waals surface area contributed by atoms with Crippen LogP contribution < -0.4 is 0 Å². The fourth-order valence-electron chi connectivity index (χ4n) is 2.65. The van der Waals surface area contributed by atoms with Gasteiger partial charge in [-0.1, -0.05) is 40.4 Å². The quantitative estimate of drug-likeness (QED) is 0.431. The van der Waals surface area contributed by atoms with Gasteiger partial charge in [-0.2, -0.15) is 4.98 Å². The van der Waals surface area contributed by atoms with Crippen molar-refractivity contribution in [1.82, 2.24) is 29.7 Å². The number of thioether (sulfide) groups is 1. The number of rotatable bonds is 4. The standard InChI is InChI=1S/C17H12N6OS2/c1-10(15-19-14(22-24-15)11-5-4-8-18-9-11)25-16-20-21-17-23(16)12-6-2-3-7-13(12)26-17/h2-10H,1H3/t10-/m1/s1. The van der Waals surface area contributed by atoms with Crippen molar-refractivity contribution in [2.75, 3.05) is 0 Å². The third-order valence-electron chi connectivity index (χ3n) is 3.90. The highest BCUT2D eigenvalue weighted by Crippen LogP contribution is 2.36. The van der Waals surface area contributed by atoms with Crippen LogP contribution in [0.3, 0.4) is 0 Å². The van der Waals surface area contributed by atoms with Crippen LogP contribution in [0, 0.1) is 0 Å². The first-order chi connectivity index (χ1) is 12.8. The molecule has 1 atom stereocenters. The molecule has 0 aliphatic heterocycles. The summed E-state index contributed by atoms with van der Waals surface area (Å²) < 4.78 is 8.70. The molecule has 0 aliphatic rings. The van der Waals surface area contributed by atoms with Crippen molar-refractivity contribution in [1.29, 1.82) is 0 Å². The van der Waals surface area contributed by atoms with Gasteiger partial charge in [0.2, 0.25) is 16.7 Å². The van der Waals surface area contributed by atoms with Gasteiger partial charge in [-0.15, -0.1) is 10.2 Å². The number of nitrogens with zero attached hydrogens (tertiary/aromatic N) is 6. The zero-order valence-electron chi connectivity index (χ0n) is 13.6.